The molecule has 114 valence electrons. The van der Waals surface area contributed by atoms with Crippen LogP contribution < -0.4 is 0 Å². The molecular formula is C16H18N4O2. The van der Waals surface area contributed by atoms with Gasteiger partial charge in [-0.15, -0.1) is 0 Å². The van der Waals surface area contributed by atoms with E-state index in [9.17, 15) is 0 Å². The summed E-state index contributed by atoms with van der Waals surface area (Å²) in [5.74, 6) is 1.82. The Labute approximate surface area is 128 Å². The molecule has 2 aromatic heterocycles. The van der Waals surface area contributed by atoms with Gasteiger partial charge in [-0.25, -0.2) is 0 Å². The molecule has 0 aliphatic carbocycles. The highest BCUT2D eigenvalue weighted by Crippen LogP contribution is 2.18. The zero-order valence-corrected chi connectivity index (χ0v) is 12.9. The zero-order valence-electron chi connectivity index (χ0n) is 12.9. The summed E-state index contributed by atoms with van der Waals surface area (Å²) < 4.78 is 10.4. The smallest absolute Gasteiger partial charge is 0.234 e. The molecule has 0 bridgehead atoms. The Bertz CT molecular complexity index is 744. The highest BCUT2D eigenvalue weighted by molar-refractivity contribution is 5.54. The van der Waals surface area contributed by atoms with Crippen LogP contribution in [0.25, 0.3) is 11.4 Å². The molecule has 0 fully saturated rings. The molecule has 0 saturated carbocycles. The third-order valence-electron chi connectivity index (χ3n) is 3.18. The first-order valence-corrected chi connectivity index (χ1v) is 7.09. The van der Waals surface area contributed by atoms with Crippen LogP contribution in [-0.4, -0.2) is 34.3 Å². The Morgan fingerprint density at radius 2 is 1.82 bits per heavy atom. The Morgan fingerprint density at radius 3 is 2.45 bits per heavy atom. The van der Waals surface area contributed by atoms with Gasteiger partial charge in [-0.2, -0.15) is 4.98 Å². The van der Waals surface area contributed by atoms with Crippen molar-refractivity contribution in [3.63, 3.8) is 0 Å². The van der Waals surface area contributed by atoms with E-state index in [2.05, 4.69) is 32.3 Å². The molecule has 0 unspecified atom stereocenters. The second-order valence-corrected chi connectivity index (χ2v) is 5.56. The molecule has 3 aromatic rings. The maximum Gasteiger partial charge on any atom is 0.234 e. The van der Waals surface area contributed by atoms with Crippen LogP contribution in [0, 0.1) is 6.92 Å². The molecular weight excluding hydrogens is 280 g/mol. The quantitative estimate of drug-likeness (QED) is 0.721. The first-order valence-electron chi connectivity index (χ1n) is 7.09. The van der Waals surface area contributed by atoms with Crippen molar-refractivity contribution in [2.24, 2.45) is 0 Å². The van der Waals surface area contributed by atoms with Crippen LogP contribution in [0.4, 0.5) is 0 Å². The van der Waals surface area contributed by atoms with E-state index in [4.69, 9.17) is 9.05 Å². The van der Waals surface area contributed by atoms with Crippen molar-refractivity contribution in [3.8, 4) is 11.4 Å². The van der Waals surface area contributed by atoms with Gasteiger partial charge in [0.2, 0.25) is 11.7 Å². The molecule has 0 aliphatic heterocycles. The summed E-state index contributed by atoms with van der Waals surface area (Å²) in [6.45, 7) is 2.78. The standard InChI is InChI=1S/C16H18N4O2/c1-11-8-14(21-18-11)9-15-17-16(19-22-15)13-6-4-12(5-7-13)10-20(2)3/h4-8H,9-10H2,1-3H3. The highest BCUT2D eigenvalue weighted by atomic mass is 16.5. The first-order chi connectivity index (χ1) is 10.6. The highest BCUT2D eigenvalue weighted by Gasteiger charge is 2.11. The Morgan fingerprint density at radius 1 is 1.05 bits per heavy atom. The van der Waals surface area contributed by atoms with Crippen molar-refractivity contribution in [1.82, 2.24) is 20.2 Å². The lowest BCUT2D eigenvalue weighted by atomic mass is 10.1. The molecule has 6 heteroatoms. The molecule has 0 N–H and O–H groups in total. The fourth-order valence-electron chi connectivity index (χ4n) is 2.22. The zero-order chi connectivity index (χ0) is 15.5. The van der Waals surface area contributed by atoms with Crippen LogP contribution in [0.2, 0.25) is 0 Å². The van der Waals surface area contributed by atoms with Gasteiger partial charge in [-0.1, -0.05) is 34.6 Å². The van der Waals surface area contributed by atoms with E-state index in [0.717, 1.165) is 17.8 Å². The maximum atomic E-state index is 5.27. The Hall–Kier alpha value is -2.47. The van der Waals surface area contributed by atoms with Gasteiger partial charge in [-0.3, -0.25) is 0 Å². The number of rotatable bonds is 5. The molecule has 0 aliphatic rings. The fourth-order valence-corrected chi connectivity index (χ4v) is 2.22. The number of hydrogen-bond acceptors (Lipinski definition) is 6. The molecule has 0 radical (unpaired) electrons. The number of benzene rings is 1. The SMILES string of the molecule is Cc1cc(Cc2nc(-c3ccc(CN(C)C)cc3)no2)on1. The number of hydrogen-bond donors (Lipinski definition) is 0. The van der Waals surface area contributed by atoms with Crippen molar-refractivity contribution < 1.29 is 9.05 Å². The van der Waals surface area contributed by atoms with Crippen molar-refractivity contribution in [2.45, 2.75) is 19.9 Å². The summed E-state index contributed by atoms with van der Waals surface area (Å²) in [4.78, 5) is 6.53. The number of aromatic nitrogens is 3. The molecule has 0 atom stereocenters. The first kappa shape index (κ1) is 14.5. The van der Waals surface area contributed by atoms with Crippen LogP contribution in [-0.2, 0) is 13.0 Å². The van der Waals surface area contributed by atoms with Gasteiger partial charge in [-0.05, 0) is 26.6 Å². The minimum atomic E-state index is 0.451. The summed E-state index contributed by atoms with van der Waals surface area (Å²) in [5.41, 5.74) is 3.02. The van der Waals surface area contributed by atoms with Gasteiger partial charge in [0.25, 0.3) is 0 Å². The van der Waals surface area contributed by atoms with Crippen molar-refractivity contribution >= 4 is 0 Å². The largest absolute Gasteiger partial charge is 0.361 e. The summed E-state index contributed by atoms with van der Waals surface area (Å²) in [5, 5.41) is 7.86. The van der Waals surface area contributed by atoms with Crippen molar-refractivity contribution in [3.05, 3.63) is 53.2 Å². The normalized spacial score (nSPS) is 11.3. The van der Waals surface area contributed by atoms with Crippen molar-refractivity contribution in [2.75, 3.05) is 14.1 Å². The van der Waals surface area contributed by atoms with E-state index in [0.29, 0.717) is 23.9 Å². The minimum absolute atomic E-state index is 0.451. The van der Waals surface area contributed by atoms with Gasteiger partial charge < -0.3 is 13.9 Å². The Kier molecular flexibility index (Phi) is 4.02. The second-order valence-electron chi connectivity index (χ2n) is 5.56. The van der Waals surface area contributed by atoms with Crippen molar-refractivity contribution in [1.29, 1.82) is 0 Å². The molecule has 0 saturated heterocycles. The average molecular weight is 298 g/mol. The maximum absolute atomic E-state index is 5.27. The predicted molar refractivity (Wildman–Crippen MR) is 81.2 cm³/mol. The third kappa shape index (κ3) is 3.40. The van der Waals surface area contributed by atoms with Crippen LogP contribution in [0.3, 0.4) is 0 Å². The molecule has 22 heavy (non-hydrogen) atoms. The third-order valence-corrected chi connectivity index (χ3v) is 3.18. The predicted octanol–water partition coefficient (Wildman–Crippen LogP) is 2.69. The lowest BCUT2D eigenvalue weighted by Gasteiger charge is -2.09. The van der Waals surface area contributed by atoms with E-state index in [-0.39, 0.29) is 0 Å². The van der Waals surface area contributed by atoms with E-state index in [1.165, 1.54) is 5.56 Å². The lowest BCUT2D eigenvalue weighted by Crippen LogP contribution is -2.10. The molecule has 0 spiro atoms. The fraction of sp³-hybridized carbons (Fsp3) is 0.312. The molecule has 6 nitrogen and oxygen atoms in total. The summed E-state index contributed by atoms with van der Waals surface area (Å²) in [7, 11) is 4.09. The van der Waals surface area contributed by atoms with Gasteiger partial charge in [0.15, 0.2) is 0 Å². The van der Waals surface area contributed by atoms with Gasteiger partial charge in [0.1, 0.15) is 5.76 Å². The molecule has 0 amide bonds. The van der Waals surface area contributed by atoms with E-state index in [1.807, 2.05) is 39.2 Å². The Balaban J connectivity index is 1.73. The van der Waals surface area contributed by atoms with Crippen LogP contribution in [0.1, 0.15) is 22.9 Å². The van der Waals surface area contributed by atoms with Crippen LogP contribution in [0.5, 0.6) is 0 Å². The van der Waals surface area contributed by atoms with Crippen LogP contribution >= 0.6 is 0 Å². The van der Waals surface area contributed by atoms with Gasteiger partial charge in [0.05, 0.1) is 12.1 Å². The van der Waals surface area contributed by atoms with Gasteiger partial charge >= 0.3 is 0 Å². The monoisotopic (exact) mass is 298 g/mol. The average Bonchev–Trinajstić information content (AvgIpc) is 3.09. The van der Waals surface area contributed by atoms with E-state index in [1.54, 1.807) is 0 Å². The second kappa shape index (κ2) is 6.11. The molecule has 1 aromatic carbocycles. The summed E-state index contributed by atoms with van der Waals surface area (Å²) in [6, 6.07) is 10.0. The summed E-state index contributed by atoms with van der Waals surface area (Å²) in [6.07, 6.45) is 0.451. The number of nitrogens with zero attached hydrogens (tertiary/aromatic N) is 4. The minimum Gasteiger partial charge on any atom is -0.361 e. The molecule has 2 heterocycles. The topological polar surface area (TPSA) is 68.2 Å². The van der Waals surface area contributed by atoms with Gasteiger partial charge in [0, 0.05) is 18.2 Å². The summed E-state index contributed by atoms with van der Waals surface area (Å²) >= 11 is 0. The van der Waals surface area contributed by atoms with Crippen LogP contribution in [0.15, 0.2) is 39.4 Å². The van der Waals surface area contributed by atoms with E-state index >= 15 is 0 Å². The number of aryl methyl sites for hydroxylation is 1. The van der Waals surface area contributed by atoms with E-state index < -0.39 is 0 Å². The lowest BCUT2D eigenvalue weighted by molar-refractivity contribution is 0.350. The molecule has 3 rings (SSSR count).